The van der Waals surface area contributed by atoms with Crippen molar-refractivity contribution < 1.29 is 4.92 Å². The van der Waals surface area contributed by atoms with Crippen LogP contribution in [-0.2, 0) is 6.54 Å². The minimum Gasteiger partial charge on any atom is -0.366 e. The summed E-state index contributed by atoms with van der Waals surface area (Å²) >= 11 is 0. The zero-order valence-corrected chi connectivity index (χ0v) is 13.1. The van der Waals surface area contributed by atoms with Gasteiger partial charge in [0.25, 0.3) is 5.69 Å². The fraction of sp³-hybridized carbons (Fsp3) is 0.571. The lowest BCUT2D eigenvalue weighted by atomic mass is 10.2. The van der Waals surface area contributed by atoms with Crippen molar-refractivity contribution in [3.05, 3.63) is 34.3 Å². The van der Waals surface area contributed by atoms with Crippen molar-refractivity contribution in [2.45, 2.75) is 37.9 Å². The van der Waals surface area contributed by atoms with Crippen LogP contribution in [0.3, 0.4) is 0 Å². The SMILES string of the molecule is O=[N+]([O-])c1ccc(NC2CCN(Cc3nnnn3C3CC3)C2)nc1. The summed E-state index contributed by atoms with van der Waals surface area (Å²) in [5.41, 5.74) is 0.000473. The van der Waals surface area contributed by atoms with Crippen molar-refractivity contribution in [2.24, 2.45) is 0 Å². The molecule has 1 aliphatic carbocycles. The summed E-state index contributed by atoms with van der Waals surface area (Å²) in [5, 5.41) is 26.0. The Balaban J connectivity index is 1.33. The molecule has 1 unspecified atom stereocenters. The van der Waals surface area contributed by atoms with Gasteiger partial charge in [0, 0.05) is 25.2 Å². The molecule has 2 aromatic heterocycles. The van der Waals surface area contributed by atoms with E-state index in [9.17, 15) is 10.1 Å². The van der Waals surface area contributed by atoms with E-state index in [2.05, 4.69) is 30.7 Å². The van der Waals surface area contributed by atoms with E-state index in [1.54, 1.807) is 6.07 Å². The second-order valence-corrected chi connectivity index (χ2v) is 6.29. The van der Waals surface area contributed by atoms with Crippen molar-refractivity contribution in [3.8, 4) is 0 Å². The van der Waals surface area contributed by atoms with Gasteiger partial charge in [-0.25, -0.2) is 9.67 Å². The average Bonchev–Trinajstić information content (AvgIpc) is 3.16. The van der Waals surface area contributed by atoms with Crippen molar-refractivity contribution in [1.29, 1.82) is 0 Å². The highest BCUT2D eigenvalue weighted by atomic mass is 16.6. The summed E-state index contributed by atoms with van der Waals surface area (Å²) in [6, 6.07) is 3.86. The third-order valence-electron chi connectivity index (χ3n) is 4.40. The van der Waals surface area contributed by atoms with Crippen LogP contribution in [0.15, 0.2) is 18.3 Å². The Morgan fingerprint density at radius 2 is 2.21 bits per heavy atom. The highest BCUT2D eigenvalue weighted by Crippen LogP contribution is 2.34. The first kappa shape index (κ1) is 14.9. The number of aromatic nitrogens is 5. The van der Waals surface area contributed by atoms with Crippen molar-refractivity contribution >= 4 is 11.5 Å². The Kier molecular flexibility index (Phi) is 3.81. The number of likely N-dealkylation sites (tertiary alicyclic amines) is 1. The molecule has 2 fully saturated rings. The lowest BCUT2D eigenvalue weighted by Crippen LogP contribution is -2.27. The van der Waals surface area contributed by atoms with E-state index in [1.807, 2.05) is 4.68 Å². The van der Waals surface area contributed by atoms with Gasteiger partial charge in [-0.3, -0.25) is 15.0 Å². The molecule has 1 aliphatic heterocycles. The molecule has 0 bridgehead atoms. The van der Waals surface area contributed by atoms with E-state index in [1.165, 1.54) is 12.3 Å². The molecular formula is C14H18N8O2. The van der Waals surface area contributed by atoms with E-state index in [-0.39, 0.29) is 11.7 Å². The van der Waals surface area contributed by atoms with Crippen molar-refractivity contribution in [3.63, 3.8) is 0 Å². The topological polar surface area (TPSA) is 115 Å². The number of hydrogen-bond acceptors (Lipinski definition) is 8. The number of tetrazole rings is 1. The summed E-state index contributed by atoms with van der Waals surface area (Å²) in [4.78, 5) is 16.6. The molecule has 0 spiro atoms. The lowest BCUT2D eigenvalue weighted by Gasteiger charge is -2.16. The van der Waals surface area contributed by atoms with Gasteiger partial charge in [0.15, 0.2) is 5.82 Å². The first-order chi connectivity index (χ1) is 11.7. The third kappa shape index (κ3) is 3.18. The normalized spacial score (nSPS) is 21.1. The monoisotopic (exact) mass is 330 g/mol. The van der Waals surface area contributed by atoms with Gasteiger partial charge >= 0.3 is 0 Å². The van der Waals surface area contributed by atoms with Crippen LogP contribution in [0.2, 0.25) is 0 Å². The Labute approximate surface area is 138 Å². The van der Waals surface area contributed by atoms with E-state index in [0.717, 1.165) is 44.7 Å². The van der Waals surface area contributed by atoms with Gasteiger partial charge in [-0.2, -0.15) is 0 Å². The second kappa shape index (κ2) is 6.11. The molecule has 0 radical (unpaired) electrons. The number of anilines is 1. The fourth-order valence-corrected chi connectivity index (χ4v) is 3.00. The van der Waals surface area contributed by atoms with Crippen LogP contribution >= 0.6 is 0 Å². The Morgan fingerprint density at radius 1 is 1.33 bits per heavy atom. The molecular weight excluding hydrogens is 312 g/mol. The van der Waals surface area contributed by atoms with Crippen LogP contribution in [0, 0.1) is 10.1 Å². The number of nitrogens with zero attached hydrogens (tertiary/aromatic N) is 7. The minimum absolute atomic E-state index is 0.000473. The number of nitrogens with one attached hydrogen (secondary N) is 1. The van der Waals surface area contributed by atoms with Crippen LogP contribution in [0.1, 0.15) is 31.1 Å². The van der Waals surface area contributed by atoms with E-state index in [4.69, 9.17) is 0 Å². The molecule has 2 aromatic rings. The second-order valence-electron chi connectivity index (χ2n) is 6.29. The number of hydrogen-bond donors (Lipinski definition) is 1. The molecule has 24 heavy (non-hydrogen) atoms. The number of rotatable bonds is 6. The smallest absolute Gasteiger partial charge is 0.287 e. The molecule has 2 aliphatic rings. The van der Waals surface area contributed by atoms with E-state index >= 15 is 0 Å². The molecule has 4 rings (SSSR count). The molecule has 10 heteroatoms. The highest BCUT2D eigenvalue weighted by molar-refractivity contribution is 5.41. The Morgan fingerprint density at radius 3 is 2.92 bits per heavy atom. The summed E-state index contributed by atoms with van der Waals surface area (Å²) in [6.45, 7) is 2.58. The van der Waals surface area contributed by atoms with Gasteiger partial charge < -0.3 is 5.32 Å². The molecule has 10 nitrogen and oxygen atoms in total. The highest BCUT2D eigenvalue weighted by Gasteiger charge is 2.30. The number of pyridine rings is 1. The van der Waals surface area contributed by atoms with Crippen LogP contribution in [0.5, 0.6) is 0 Å². The van der Waals surface area contributed by atoms with Gasteiger partial charge in [-0.15, -0.1) is 5.10 Å². The van der Waals surface area contributed by atoms with E-state index in [0.29, 0.717) is 11.9 Å². The maximum Gasteiger partial charge on any atom is 0.287 e. The molecule has 1 atom stereocenters. The van der Waals surface area contributed by atoms with Gasteiger partial charge in [0.2, 0.25) is 0 Å². The molecule has 0 amide bonds. The van der Waals surface area contributed by atoms with Gasteiger partial charge in [-0.1, -0.05) is 0 Å². The van der Waals surface area contributed by atoms with Crippen LogP contribution in [0.25, 0.3) is 0 Å². The molecule has 0 aromatic carbocycles. The largest absolute Gasteiger partial charge is 0.366 e. The predicted molar refractivity (Wildman–Crippen MR) is 84.3 cm³/mol. The number of nitro groups is 1. The minimum atomic E-state index is -0.446. The zero-order valence-electron chi connectivity index (χ0n) is 13.1. The zero-order chi connectivity index (χ0) is 16.5. The molecule has 126 valence electrons. The maximum absolute atomic E-state index is 10.7. The van der Waals surface area contributed by atoms with Crippen LogP contribution in [0.4, 0.5) is 11.5 Å². The summed E-state index contributed by atoms with van der Waals surface area (Å²) < 4.78 is 1.94. The molecule has 1 N–H and O–H groups in total. The van der Waals surface area contributed by atoms with Gasteiger partial charge in [0.1, 0.15) is 12.0 Å². The summed E-state index contributed by atoms with van der Waals surface area (Å²) in [6.07, 6.45) is 4.59. The molecule has 3 heterocycles. The maximum atomic E-state index is 10.7. The van der Waals surface area contributed by atoms with Crippen molar-refractivity contribution in [2.75, 3.05) is 18.4 Å². The molecule has 1 saturated carbocycles. The average molecular weight is 330 g/mol. The Bertz CT molecular complexity index is 727. The quantitative estimate of drug-likeness (QED) is 0.616. The first-order valence-electron chi connectivity index (χ1n) is 8.05. The fourth-order valence-electron chi connectivity index (χ4n) is 3.00. The first-order valence-corrected chi connectivity index (χ1v) is 8.05. The third-order valence-corrected chi connectivity index (χ3v) is 4.40. The Hall–Kier alpha value is -2.62. The van der Waals surface area contributed by atoms with E-state index < -0.39 is 4.92 Å². The van der Waals surface area contributed by atoms with Crippen molar-refractivity contribution in [1.82, 2.24) is 30.1 Å². The lowest BCUT2D eigenvalue weighted by molar-refractivity contribution is -0.385. The molecule has 1 saturated heterocycles. The van der Waals surface area contributed by atoms with Crippen LogP contribution < -0.4 is 5.32 Å². The van der Waals surface area contributed by atoms with Crippen LogP contribution in [-0.4, -0.2) is 54.1 Å². The van der Waals surface area contributed by atoms with Gasteiger partial charge in [0.05, 0.1) is 17.5 Å². The predicted octanol–water partition coefficient (Wildman–Crippen LogP) is 0.998. The summed E-state index contributed by atoms with van der Waals surface area (Å²) in [7, 11) is 0. The van der Waals surface area contributed by atoms with Gasteiger partial charge in [-0.05, 0) is 35.8 Å². The standard InChI is InChI=1S/C14H18N8O2/c23-22(24)12-3-4-13(15-7-12)16-10-5-6-20(8-10)9-14-17-18-19-21(14)11-1-2-11/h3-4,7,10-11H,1-2,5-6,8-9H2,(H,15,16). The summed E-state index contributed by atoms with van der Waals surface area (Å²) in [5.74, 6) is 1.59.